The van der Waals surface area contributed by atoms with Crippen molar-refractivity contribution in [2.75, 3.05) is 12.3 Å². The molecule has 0 radical (unpaired) electrons. The highest BCUT2D eigenvalue weighted by atomic mass is 35.5. The summed E-state index contributed by atoms with van der Waals surface area (Å²) < 4.78 is 38.8. The molecule has 23 heavy (non-hydrogen) atoms. The van der Waals surface area contributed by atoms with Gasteiger partial charge in [0.1, 0.15) is 11.0 Å². The van der Waals surface area contributed by atoms with Gasteiger partial charge in [-0.25, -0.2) is 4.98 Å². The Morgan fingerprint density at radius 3 is 2.78 bits per heavy atom. The van der Waals surface area contributed by atoms with Crippen LogP contribution in [-0.2, 0) is 19.1 Å². The molecule has 1 aliphatic rings. The summed E-state index contributed by atoms with van der Waals surface area (Å²) in [4.78, 5) is 17.5. The molecule has 1 aliphatic heterocycles. The second-order valence-corrected chi connectivity index (χ2v) is 5.46. The number of carbonyl (C=O) groups is 1. The molecule has 3 heterocycles. The fraction of sp³-hybridized carbons (Fsp3) is 0.308. The number of rotatable bonds is 1. The van der Waals surface area contributed by atoms with Gasteiger partial charge in [-0.1, -0.05) is 11.6 Å². The van der Waals surface area contributed by atoms with Crippen LogP contribution in [0, 0.1) is 0 Å². The van der Waals surface area contributed by atoms with Gasteiger partial charge in [-0.05, 0) is 12.1 Å². The second kappa shape index (κ2) is 5.41. The van der Waals surface area contributed by atoms with Crippen LogP contribution in [0.4, 0.5) is 19.0 Å². The van der Waals surface area contributed by atoms with E-state index in [0.29, 0.717) is 5.69 Å². The third kappa shape index (κ3) is 2.83. The molecular formula is C13H11ClF3N5O. The van der Waals surface area contributed by atoms with Crippen LogP contribution in [0.1, 0.15) is 27.3 Å². The Labute approximate surface area is 133 Å². The van der Waals surface area contributed by atoms with Gasteiger partial charge in [0.2, 0.25) is 0 Å². The number of nitrogen functional groups attached to an aromatic ring is 1. The number of halogens is 4. The second-order valence-electron chi connectivity index (χ2n) is 5.07. The van der Waals surface area contributed by atoms with E-state index in [4.69, 9.17) is 17.3 Å². The van der Waals surface area contributed by atoms with E-state index >= 15 is 0 Å². The smallest absolute Gasteiger partial charge is 0.383 e. The van der Waals surface area contributed by atoms with Crippen molar-refractivity contribution in [2.24, 2.45) is 0 Å². The Kier molecular flexibility index (Phi) is 3.67. The summed E-state index contributed by atoms with van der Waals surface area (Å²) in [6.07, 6.45) is -4.32. The molecular weight excluding hydrogens is 335 g/mol. The van der Waals surface area contributed by atoms with Gasteiger partial charge in [0, 0.05) is 30.8 Å². The summed E-state index contributed by atoms with van der Waals surface area (Å²) in [5.74, 6) is -0.553. The first-order valence-electron chi connectivity index (χ1n) is 6.62. The van der Waals surface area contributed by atoms with Gasteiger partial charge >= 0.3 is 6.18 Å². The first-order chi connectivity index (χ1) is 10.8. The molecule has 10 heteroatoms. The number of aromatic nitrogens is 3. The molecule has 3 rings (SSSR count). The molecule has 0 atom stereocenters. The highest BCUT2D eigenvalue weighted by Crippen LogP contribution is 2.34. The zero-order valence-electron chi connectivity index (χ0n) is 11.6. The van der Waals surface area contributed by atoms with E-state index in [9.17, 15) is 18.0 Å². The van der Waals surface area contributed by atoms with Gasteiger partial charge in [-0.15, -0.1) is 0 Å². The van der Waals surface area contributed by atoms with Crippen molar-refractivity contribution in [1.29, 1.82) is 0 Å². The molecule has 1 amide bonds. The largest absolute Gasteiger partial charge is 0.435 e. The van der Waals surface area contributed by atoms with Crippen LogP contribution in [0.25, 0.3) is 0 Å². The first kappa shape index (κ1) is 15.6. The Balaban J connectivity index is 1.89. The van der Waals surface area contributed by atoms with E-state index < -0.39 is 17.8 Å². The number of nitrogens with two attached hydrogens (primary N) is 1. The normalized spacial score (nSPS) is 14.7. The summed E-state index contributed by atoms with van der Waals surface area (Å²) in [5, 5.41) is 5.84. The number of nitrogens with zero attached hydrogens (tertiary/aromatic N) is 3. The number of hydrogen-bond donors (Lipinski definition) is 2. The predicted octanol–water partition coefficient (Wildman–Crippen LogP) is 2.26. The third-order valence-electron chi connectivity index (χ3n) is 3.61. The molecule has 0 bridgehead atoms. The van der Waals surface area contributed by atoms with Crippen molar-refractivity contribution in [3.63, 3.8) is 0 Å². The molecule has 0 unspecified atom stereocenters. The van der Waals surface area contributed by atoms with Crippen LogP contribution in [0.5, 0.6) is 0 Å². The fourth-order valence-electron chi connectivity index (χ4n) is 2.50. The highest BCUT2D eigenvalue weighted by molar-refractivity contribution is 6.29. The summed E-state index contributed by atoms with van der Waals surface area (Å²) in [6, 6.07) is 2.81. The van der Waals surface area contributed by atoms with Crippen molar-refractivity contribution < 1.29 is 18.0 Å². The summed E-state index contributed by atoms with van der Waals surface area (Å²) >= 11 is 5.68. The minimum absolute atomic E-state index is 0.0161. The molecule has 2 aromatic heterocycles. The van der Waals surface area contributed by atoms with E-state index in [-0.39, 0.29) is 41.6 Å². The summed E-state index contributed by atoms with van der Waals surface area (Å²) in [7, 11) is 0. The average molecular weight is 346 g/mol. The van der Waals surface area contributed by atoms with Crippen LogP contribution >= 0.6 is 11.6 Å². The van der Waals surface area contributed by atoms with Crippen molar-refractivity contribution in [1.82, 2.24) is 20.1 Å². The number of alkyl halides is 3. The van der Waals surface area contributed by atoms with Gasteiger partial charge in [0.05, 0.1) is 5.56 Å². The number of H-pyrrole nitrogens is 1. The van der Waals surface area contributed by atoms with Gasteiger partial charge in [-0.2, -0.15) is 18.3 Å². The van der Waals surface area contributed by atoms with Crippen LogP contribution in [0.15, 0.2) is 12.1 Å². The number of pyridine rings is 1. The lowest BCUT2D eigenvalue weighted by Crippen LogP contribution is -2.37. The Morgan fingerprint density at radius 1 is 1.39 bits per heavy atom. The Morgan fingerprint density at radius 2 is 2.13 bits per heavy atom. The van der Waals surface area contributed by atoms with Crippen molar-refractivity contribution in [3.05, 3.63) is 39.8 Å². The van der Waals surface area contributed by atoms with Gasteiger partial charge < -0.3 is 10.6 Å². The van der Waals surface area contributed by atoms with Crippen LogP contribution in [0.3, 0.4) is 0 Å². The highest BCUT2D eigenvalue weighted by Gasteiger charge is 2.40. The average Bonchev–Trinajstić information content (AvgIpc) is 2.89. The minimum Gasteiger partial charge on any atom is -0.383 e. The lowest BCUT2D eigenvalue weighted by molar-refractivity contribution is -0.142. The Bertz CT molecular complexity index is 773. The van der Waals surface area contributed by atoms with Crippen LogP contribution < -0.4 is 5.73 Å². The molecule has 0 aliphatic carbocycles. The van der Waals surface area contributed by atoms with E-state index in [0.717, 1.165) is 0 Å². The van der Waals surface area contributed by atoms with E-state index in [1.165, 1.54) is 17.0 Å². The topological polar surface area (TPSA) is 87.9 Å². The SMILES string of the molecule is Nc1nc(Cl)ccc1C(=O)N1CCc2[nH]nc(C(F)(F)F)c2C1. The molecule has 6 nitrogen and oxygen atoms in total. The maximum atomic E-state index is 12.9. The van der Waals surface area contributed by atoms with Crippen LogP contribution in [-0.4, -0.2) is 32.5 Å². The molecule has 0 spiro atoms. The summed E-state index contributed by atoms with van der Waals surface area (Å²) in [5.41, 5.74) is 5.15. The predicted molar refractivity (Wildman–Crippen MR) is 75.7 cm³/mol. The Hall–Kier alpha value is -2.29. The van der Waals surface area contributed by atoms with Gasteiger partial charge in [0.25, 0.3) is 5.91 Å². The van der Waals surface area contributed by atoms with E-state index in [2.05, 4.69) is 15.2 Å². The maximum absolute atomic E-state index is 12.9. The minimum atomic E-state index is -4.57. The zero-order chi connectivity index (χ0) is 16.8. The molecule has 0 aromatic carbocycles. The van der Waals surface area contributed by atoms with Crippen molar-refractivity contribution in [3.8, 4) is 0 Å². The number of amides is 1. The standard InChI is InChI=1S/C13H11ClF3N5O/c14-9-2-1-6(11(18)19-9)12(23)22-4-3-8-7(5-22)10(21-20-8)13(15,16)17/h1-2H,3-5H2,(H2,18,19)(H,20,21). The van der Waals surface area contributed by atoms with Crippen molar-refractivity contribution in [2.45, 2.75) is 19.1 Å². The molecule has 122 valence electrons. The monoisotopic (exact) mass is 345 g/mol. The fourth-order valence-corrected chi connectivity index (χ4v) is 2.66. The van der Waals surface area contributed by atoms with Crippen LogP contribution in [0.2, 0.25) is 5.15 Å². The van der Waals surface area contributed by atoms with Gasteiger partial charge in [-0.3, -0.25) is 9.89 Å². The molecule has 3 N–H and O–H groups in total. The number of hydrogen-bond acceptors (Lipinski definition) is 4. The number of fused-ring (bicyclic) bond motifs is 1. The van der Waals surface area contributed by atoms with Crippen molar-refractivity contribution >= 4 is 23.3 Å². The number of nitrogens with one attached hydrogen (secondary N) is 1. The third-order valence-corrected chi connectivity index (χ3v) is 3.82. The van der Waals surface area contributed by atoms with E-state index in [1.807, 2.05) is 0 Å². The van der Waals surface area contributed by atoms with E-state index in [1.54, 1.807) is 0 Å². The molecule has 0 fully saturated rings. The number of anilines is 1. The quantitative estimate of drug-likeness (QED) is 0.776. The van der Waals surface area contributed by atoms with Gasteiger partial charge in [0.15, 0.2) is 5.69 Å². The summed E-state index contributed by atoms with van der Waals surface area (Å²) in [6.45, 7) is 0.0645. The lowest BCUT2D eigenvalue weighted by atomic mass is 10.0. The zero-order valence-corrected chi connectivity index (χ0v) is 12.4. The lowest BCUT2D eigenvalue weighted by Gasteiger charge is -2.27. The molecule has 0 saturated heterocycles. The molecule has 2 aromatic rings. The first-order valence-corrected chi connectivity index (χ1v) is 6.99. The maximum Gasteiger partial charge on any atom is 0.435 e. The number of carbonyl (C=O) groups excluding carboxylic acids is 1. The number of aromatic amines is 1. The molecule has 0 saturated carbocycles.